The highest BCUT2D eigenvalue weighted by molar-refractivity contribution is 6.04. The lowest BCUT2D eigenvalue weighted by Gasteiger charge is -2.32. The van der Waals surface area contributed by atoms with Gasteiger partial charge in [0.2, 0.25) is 0 Å². The van der Waals surface area contributed by atoms with E-state index in [0.717, 1.165) is 57.5 Å². The largest absolute Gasteiger partial charge is 0.397 e. The van der Waals surface area contributed by atoms with Crippen LogP contribution < -0.4 is 21.7 Å². The first-order valence-electron chi connectivity index (χ1n) is 13.6. The number of hydrogen-bond acceptors (Lipinski definition) is 6. The molecule has 1 aromatic heterocycles. The van der Waals surface area contributed by atoms with Crippen molar-refractivity contribution in [2.75, 3.05) is 57.4 Å². The van der Waals surface area contributed by atoms with E-state index < -0.39 is 0 Å². The zero-order chi connectivity index (χ0) is 27.5. The average Bonchev–Trinajstić information content (AvgIpc) is 2.95. The van der Waals surface area contributed by atoms with Crippen molar-refractivity contribution in [3.05, 3.63) is 89.7 Å². The van der Waals surface area contributed by atoms with E-state index in [1.807, 2.05) is 36.4 Å². The third-order valence-corrected chi connectivity index (χ3v) is 7.04. The summed E-state index contributed by atoms with van der Waals surface area (Å²) in [5.41, 5.74) is 9.31. The van der Waals surface area contributed by atoms with Gasteiger partial charge in [0, 0.05) is 38.9 Å². The summed E-state index contributed by atoms with van der Waals surface area (Å²) in [7, 11) is 2.15. The van der Waals surface area contributed by atoms with Crippen LogP contribution in [0.3, 0.4) is 0 Å². The smallest absolute Gasteiger partial charge is 0.315 e. The number of urea groups is 1. The molecule has 0 bridgehead atoms. The first-order valence-corrected chi connectivity index (χ1v) is 13.6. The summed E-state index contributed by atoms with van der Waals surface area (Å²) in [6.07, 6.45) is 4.15. The van der Waals surface area contributed by atoms with Gasteiger partial charge in [-0.25, -0.2) is 4.79 Å². The van der Waals surface area contributed by atoms with Crippen LogP contribution >= 0.6 is 0 Å². The fourth-order valence-electron chi connectivity index (χ4n) is 4.63. The molecule has 0 radical (unpaired) electrons. The van der Waals surface area contributed by atoms with Gasteiger partial charge >= 0.3 is 6.03 Å². The second-order valence-corrected chi connectivity index (χ2v) is 9.99. The number of nitrogens with two attached hydrogens (primary N) is 1. The molecule has 9 heteroatoms. The summed E-state index contributed by atoms with van der Waals surface area (Å²) in [4.78, 5) is 34.7. The van der Waals surface area contributed by atoms with E-state index in [1.165, 1.54) is 5.56 Å². The Morgan fingerprint density at radius 1 is 0.974 bits per heavy atom. The molecule has 3 amide bonds. The Labute approximate surface area is 230 Å². The van der Waals surface area contributed by atoms with Crippen LogP contribution in [0.1, 0.15) is 40.5 Å². The average molecular weight is 530 g/mol. The van der Waals surface area contributed by atoms with E-state index in [9.17, 15) is 9.59 Å². The minimum atomic E-state index is -0.335. The lowest BCUT2D eigenvalue weighted by molar-refractivity contribution is 0.102. The minimum Gasteiger partial charge on any atom is -0.397 e. The Bertz CT molecular complexity index is 1200. The number of nitrogen functional groups attached to an aromatic ring is 1. The summed E-state index contributed by atoms with van der Waals surface area (Å²) in [6.45, 7) is 5.80. The molecule has 2 aromatic carbocycles. The number of carbonyl (C=O) groups is 2. The number of benzene rings is 2. The molecule has 2 heterocycles. The number of likely N-dealkylation sites (N-methyl/N-ethyl adjacent to an activating group) is 1. The van der Waals surface area contributed by atoms with Crippen LogP contribution in [0.2, 0.25) is 0 Å². The van der Waals surface area contributed by atoms with Gasteiger partial charge < -0.3 is 31.5 Å². The van der Waals surface area contributed by atoms with E-state index >= 15 is 0 Å². The first kappa shape index (κ1) is 28.1. The third-order valence-electron chi connectivity index (χ3n) is 7.04. The van der Waals surface area contributed by atoms with Crippen molar-refractivity contribution in [2.24, 2.45) is 0 Å². The van der Waals surface area contributed by atoms with Crippen LogP contribution in [-0.2, 0) is 6.42 Å². The highest BCUT2D eigenvalue weighted by atomic mass is 16.2. The van der Waals surface area contributed by atoms with E-state index in [4.69, 9.17) is 5.73 Å². The van der Waals surface area contributed by atoms with Gasteiger partial charge in [0.1, 0.15) is 5.69 Å². The summed E-state index contributed by atoms with van der Waals surface area (Å²) >= 11 is 0. The van der Waals surface area contributed by atoms with Crippen LogP contribution in [0.5, 0.6) is 0 Å². The highest BCUT2D eigenvalue weighted by Gasteiger charge is 2.19. The van der Waals surface area contributed by atoms with E-state index in [0.29, 0.717) is 17.9 Å². The molecule has 0 saturated carbocycles. The molecule has 1 fully saturated rings. The number of rotatable bonds is 11. The van der Waals surface area contributed by atoms with Crippen molar-refractivity contribution in [3.63, 3.8) is 0 Å². The molecule has 1 atom stereocenters. The number of amides is 3. The Morgan fingerprint density at radius 3 is 2.44 bits per heavy atom. The van der Waals surface area contributed by atoms with Crippen molar-refractivity contribution in [3.8, 4) is 0 Å². The molecule has 0 spiro atoms. The zero-order valence-corrected chi connectivity index (χ0v) is 22.6. The predicted octanol–water partition coefficient (Wildman–Crippen LogP) is 3.53. The van der Waals surface area contributed by atoms with Crippen LogP contribution in [0.25, 0.3) is 0 Å². The molecule has 0 aliphatic carbocycles. The molecule has 4 rings (SSSR count). The maximum Gasteiger partial charge on any atom is 0.315 e. The third kappa shape index (κ3) is 8.80. The van der Waals surface area contributed by atoms with Gasteiger partial charge in [-0.1, -0.05) is 48.5 Å². The van der Waals surface area contributed by atoms with Crippen LogP contribution in [0.4, 0.5) is 16.2 Å². The summed E-state index contributed by atoms with van der Waals surface area (Å²) in [5.74, 6) is -0.335. The lowest BCUT2D eigenvalue weighted by atomic mass is 10.0. The molecule has 9 nitrogen and oxygen atoms in total. The number of nitrogens with one attached hydrogen (secondary N) is 3. The molecule has 1 aliphatic heterocycles. The normalized spacial score (nSPS) is 14.9. The standard InChI is InChI=1S/C30H39N7O2/c1-36-18-20-37(21-19-36)17-7-12-26(35-30(39)32-16-15-23-8-3-2-4-9-23)24-13-14-28(33-22-24)29(38)34-27-11-6-5-10-25(27)31/h2-6,8-11,13-14,22,26H,7,12,15-21,31H2,1H3,(H,34,38)(H2,32,35,39). The lowest BCUT2D eigenvalue weighted by Crippen LogP contribution is -2.45. The summed E-state index contributed by atoms with van der Waals surface area (Å²) < 4.78 is 0. The quantitative estimate of drug-likeness (QED) is 0.283. The maximum atomic E-state index is 12.8. The molecule has 3 aromatic rings. The highest BCUT2D eigenvalue weighted by Crippen LogP contribution is 2.21. The van der Waals surface area contributed by atoms with E-state index in [2.05, 4.69) is 49.9 Å². The van der Waals surface area contributed by atoms with Gasteiger partial charge in [-0.15, -0.1) is 0 Å². The van der Waals surface area contributed by atoms with Gasteiger partial charge in [0.15, 0.2) is 0 Å². The second kappa shape index (κ2) is 14.3. The number of para-hydroxylation sites is 2. The number of pyridine rings is 1. The van der Waals surface area contributed by atoms with Crippen LogP contribution in [0, 0.1) is 0 Å². The molecule has 39 heavy (non-hydrogen) atoms. The van der Waals surface area contributed by atoms with Gasteiger partial charge in [-0.3, -0.25) is 9.78 Å². The molecule has 1 unspecified atom stereocenters. The van der Waals surface area contributed by atoms with E-state index in [-0.39, 0.29) is 23.7 Å². The molecule has 5 N–H and O–H groups in total. The molecule has 1 saturated heterocycles. The Morgan fingerprint density at radius 2 is 1.72 bits per heavy atom. The number of aromatic nitrogens is 1. The van der Waals surface area contributed by atoms with Crippen molar-refractivity contribution < 1.29 is 9.59 Å². The zero-order valence-electron chi connectivity index (χ0n) is 22.6. The Balaban J connectivity index is 1.36. The SMILES string of the molecule is CN1CCN(CCCC(NC(=O)NCCc2ccccc2)c2ccc(C(=O)Nc3ccccc3N)nc2)CC1. The monoisotopic (exact) mass is 529 g/mol. The summed E-state index contributed by atoms with van der Waals surface area (Å²) in [5, 5.41) is 8.91. The fourth-order valence-corrected chi connectivity index (χ4v) is 4.63. The Kier molecular flexibility index (Phi) is 10.3. The molecule has 1 aliphatic rings. The van der Waals surface area contributed by atoms with Gasteiger partial charge in [0.25, 0.3) is 5.91 Å². The van der Waals surface area contributed by atoms with Crippen molar-refractivity contribution in [1.82, 2.24) is 25.4 Å². The number of anilines is 2. The number of nitrogens with zero attached hydrogens (tertiary/aromatic N) is 3. The van der Waals surface area contributed by atoms with Gasteiger partial charge in [0.05, 0.1) is 17.4 Å². The predicted molar refractivity (Wildman–Crippen MR) is 156 cm³/mol. The topological polar surface area (TPSA) is 116 Å². The summed E-state index contributed by atoms with van der Waals surface area (Å²) in [6, 6.07) is 20.3. The Hall–Kier alpha value is -3.95. The number of hydrogen-bond donors (Lipinski definition) is 4. The fraction of sp³-hybridized carbons (Fsp3) is 0.367. The molecular formula is C30H39N7O2. The van der Waals surface area contributed by atoms with Crippen molar-refractivity contribution in [1.29, 1.82) is 0 Å². The van der Waals surface area contributed by atoms with Crippen molar-refractivity contribution >= 4 is 23.3 Å². The van der Waals surface area contributed by atoms with Gasteiger partial charge in [-0.05, 0) is 62.2 Å². The van der Waals surface area contributed by atoms with E-state index in [1.54, 1.807) is 24.4 Å². The number of carbonyl (C=O) groups excluding carboxylic acids is 2. The van der Waals surface area contributed by atoms with Crippen molar-refractivity contribution in [2.45, 2.75) is 25.3 Å². The van der Waals surface area contributed by atoms with Gasteiger partial charge in [-0.2, -0.15) is 0 Å². The van der Waals surface area contributed by atoms with Crippen LogP contribution in [0.15, 0.2) is 72.9 Å². The number of piperazine rings is 1. The second-order valence-electron chi connectivity index (χ2n) is 9.99. The minimum absolute atomic E-state index is 0.211. The molecular weight excluding hydrogens is 490 g/mol. The molecule has 206 valence electrons. The van der Waals surface area contributed by atoms with Crippen LogP contribution in [-0.4, -0.2) is 73.0 Å². The maximum absolute atomic E-state index is 12.8. The first-order chi connectivity index (χ1) is 19.0.